The summed E-state index contributed by atoms with van der Waals surface area (Å²) in [6.07, 6.45) is 8.24. The Hall–Kier alpha value is -1.60. The van der Waals surface area contributed by atoms with Crippen molar-refractivity contribution < 1.29 is 0 Å². The molecule has 0 saturated heterocycles. The molecule has 0 radical (unpaired) electrons. The second kappa shape index (κ2) is 7.11. The molecule has 0 atom stereocenters. The van der Waals surface area contributed by atoms with E-state index in [9.17, 15) is 0 Å². The van der Waals surface area contributed by atoms with Crippen LogP contribution >= 0.6 is 15.9 Å². The number of hydrogen-bond acceptors (Lipinski definition) is 5. The van der Waals surface area contributed by atoms with Crippen molar-refractivity contribution in [3.05, 3.63) is 28.6 Å². The molecule has 2 N–H and O–H groups in total. The zero-order valence-corrected chi connectivity index (χ0v) is 15.1. The standard InChI is InChI=1S/C11H13BrN6.C4H10/c1-16-5-7(6-17(16)2)8-3-15-18-10(13)9(12)4-14-11(8)18;1-3-4-2/h3-5H,6,13H2,1-2H3;3-4H2,1-2H3. The van der Waals surface area contributed by atoms with Crippen LogP contribution in [0.15, 0.2) is 23.1 Å². The van der Waals surface area contributed by atoms with Crippen molar-refractivity contribution in [2.24, 2.45) is 0 Å². The molecule has 2 aromatic heterocycles. The number of nitrogen functional groups attached to an aromatic ring is 1. The molecule has 22 heavy (non-hydrogen) atoms. The molecule has 0 aliphatic carbocycles. The van der Waals surface area contributed by atoms with Gasteiger partial charge in [-0.3, -0.25) is 0 Å². The lowest BCUT2D eigenvalue weighted by atomic mass is 10.1. The van der Waals surface area contributed by atoms with Crippen LogP contribution in [-0.4, -0.2) is 45.3 Å². The van der Waals surface area contributed by atoms with Gasteiger partial charge in [0.25, 0.3) is 0 Å². The fraction of sp³-hybridized carbons (Fsp3) is 0.467. The van der Waals surface area contributed by atoms with E-state index >= 15 is 0 Å². The zero-order chi connectivity index (χ0) is 16.3. The lowest BCUT2D eigenvalue weighted by molar-refractivity contribution is 0.118. The van der Waals surface area contributed by atoms with Gasteiger partial charge in [0.2, 0.25) is 0 Å². The van der Waals surface area contributed by atoms with Crippen LogP contribution < -0.4 is 5.73 Å². The zero-order valence-electron chi connectivity index (χ0n) is 13.5. The summed E-state index contributed by atoms with van der Waals surface area (Å²) in [5.74, 6) is 0.562. The Labute approximate surface area is 139 Å². The third-order valence-corrected chi connectivity index (χ3v) is 4.25. The van der Waals surface area contributed by atoms with Crippen molar-refractivity contribution in [3.63, 3.8) is 0 Å². The van der Waals surface area contributed by atoms with E-state index in [1.54, 1.807) is 10.7 Å². The number of aromatic nitrogens is 3. The SMILES string of the molecule is CCCC.CN1C=C(c2cnn3c(N)c(Br)cnc23)CN1C. The Morgan fingerprint density at radius 3 is 2.45 bits per heavy atom. The van der Waals surface area contributed by atoms with Gasteiger partial charge < -0.3 is 10.7 Å². The number of fused-ring (bicyclic) bond motifs is 1. The summed E-state index contributed by atoms with van der Waals surface area (Å²) in [5.41, 5.74) is 8.94. The Bertz CT molecular complexity index is 676. The number of rotatable bonds is 2. The summed E-state index contributed by atoms with van der Waals surface area (Å²) in [7, 11) is 4.05. The molecule has 3 heterocycles. The highest BCUT2D eigenvalue weighted by Crippen LogP contribution is 2.27. The Kier molecular flexibility index (Phi) is 5.42. The van der Waals surface area contributed by atoms with Gasteiger partial charge in [-0.2, -0.15) is 9.61 Å². The van der Waals surface area contributed by atoms with Crippen molar-refractivity contribution in [3.8, 4) is 0 Å². The molecule has 0 fully saturated rings. The number of hydrazine groups is 1. The molecule has 0 spiro atoms. The summed E-state index contributed by atoms with van der Waals surface area (Å²) in [6, 6.07) is 0. The molecule has 3 rings (SSSR count). The second-order valence-electron chi connectivity index (χ2n) is 5.33. The molecule has 0 aromatic carbocycles. The molecule has 0 bridgehead atoms. The minimum absolute atomic E-state index is 0.562. The number of nitrogens with two attached hydrogens (primary N) is 1. The highest BCUT2D eigenvalue weighted by molar-refractivity contribution is 9.10. The summed E-state index contributed by atoms with van der Waals surface area (Å²) in [4.78, 5) is 4.39. The maximum Gasteiger partial charge on any atom is 0.165 e. The van der Waals surface area contributed by atoms with E-state index in [0.717, 1.165) is 22.2 Å². The molecule has 0 unspecified atom stereocenters. The number of hydrogen-bond donors (Lipinski definition) is 1. The van der Waals surface area contributed by atoms with Crippen molar-refractivity contribution >= 4 is 33.0 Å². The van der Waals surface area contributed by atoms with Crippen LogP contribution in [0.2, 0.25) is 0 Å². The molecule has 0 amide bonds. The van der Waals surface area contributed by atoms with Crippen LogP contribution in [0.25, 0.3) is 11.2 Å². The van der Waals surface area contributed by atoms with Crippen LogP contribution in [0.5, 0.6) is 0 Å². The predicted octanol–water partition coefficient (Wildman–Crippen LogP) is 3.01. The van der Waals surface area contributed by atoms with Gasteiger partial charge in [-0.05, 0) is 21.5 Å². The Balaban J connectivity index is 0.000000396. The van der Waals surface area contributed by atoms with E-state index in [4.69, 9.17) is 5.73 Å². The third kappa shape index (κ3) is 3.25. The van der Waals surface area contributed by atoms with E-state index in [0.29, 0.717) is 5.82 Å². The van der Waals surface area contributed by atoms with Crippen molar-refractivity contribution in [1.82, 2.24) is 24.6 Å². The number of unbranched alkanes of at least 4 members (excludes halogenated alkanes) is 1. The van der Waals surface area contributed by atoms with Gasteiger partial charge in [-0.15, -0.1) is 0 Å². The average molecular weight is 367 g/mol. The monoisotopic (exact) mass is 366 g/mol. The topological polar surface area (TPSA) is 62.7 Å². The van der Waals surface area contributed by atoms with Crippen molar-refractivity contribution in [2.45, 2.75) is 26.7 Å². The van der Waals surface area contributed by atoms with Crippen LogP contribution in [0, 0.1) is 0 Å². The molecule has 1 aliphatic rings. The van der Waals surface area contributed by atoms with Crippen molar-refractivity contribution in [2.75, 3.05) is 26.4 Å². The Morgan fingerprint density at radius 1 is 1.23 bits per heavy atom. The first-order valence-corrected chi connectivity index (χ1v) is 8.21. The molecule has 0 saturated carbocycles. The molecule has 120 valence electrons. The van der Waals surface area contributed by atoms with E-state index in [1.807, 2.05) is 25.3 Å². The number of likely N-dealkylation sites (N-methyl/N-ethyl adjacent to an activating group) is 1. The molecule has 6 nitrogen and oxygen atoms in total. The molecule has 7 heteroatoms. The second-order valence-corrected chi connectivity index (χ2v) is 6.18. The molecule has 2 aromatic rings. The van der Waals surface area contributed by atoms with Crippen molar-refractivity contribution in [1.29, 1.82) is 0 Å². The molecular weight excluding hydrogens is 344 g/mol. The van der Waals surface area contributed by atoms with Gasteiger partial charge in [0, 0.05) is 38.6 Å². The first-order chi connectivity index (χ1) is 10.5. The average Bonchev–Trinajstić information content (AvgIpc) is 3.08. The summed E-state index contributed by atoms with van der Waals surface area (Å²) >= 11 is 3.35. The number of anilines is 1. The third-order valence-electron chi connectivity index (χ3n) is 3.64. The summed E-state index contributed by atoms with van der Waals surface area (Å²) < 4.78 is 2.40. The Morgan fingerprint density at radius 2 is 1.91 bits per heavy atom. The van der Waals surface area contributed by atoms with Gasteiger partial charge in [-0.25, -0.2) is 9.99 Å². The quantitative estimate of drug-likeness (QED) is 0.884. The number of halogens is 1. The minimum atomic E-state index is 0.562. The highest BCUT2D eigenvalue weighted by atomic mass is 79.9. The largest absolute Gasteiger partial charge is 0.383 e. The van der Waals surface area contributed by atoms with Gasteiger partial charge in [0.15, 0.2) is 5.65 Å². The normalized spacial score (nSPS) is 15.0. The lowest BCUT2D eigenvalue weighted by Gasteiger charge is -2.18. The summed E-state index contributed by atoms with van der Waals surface area (Å²) in [6.45, 7) is 5.20. The van der Waals surface area contributed by atoms with Gasteiger partial charge in [0.1, 0.15) is 5.82 Å². The van der Waals surface area contributed by atoms with Gasteiger partial charge in [-0.1, -0.05) is 26.7 Å². The fourth-order valence-corrected chi connectivity index (χ4v) is 2.30. The number of nitrogens with zero attached hydrogens (tertiary/aromatic N) is 5. The van der Waals surface area contributed by atoms with Crippen LogP contribution in [-0.2, 0) is 0 Å². The lowest BCUT2D eigenvalue weighted by Crippen LogP contribution is -2.27. The van der Waals surface area contributed by atoms with Gasteiger partial charge in [0.05, 0.1) is 10.7 Å². The first-order valence-electron chi connectivity index (χ1n) is 7.42. The molecule has 1 aliphatic heterocycles. The maximum absolute atomic E-state index is 5.96. The maximum atomic E-state index is 5.96. The van der Waals surface area contributed by atoms with Crippen LogP contribution in [0.4, 0.5) is 5.82 Å². The van der Waals surface area contributed by atoms with E-state index in [-0.39, 0.29) is 0 Å². The molecular formula is C15H23BrN6. The first kappa shape index (κ1) is 16.8. The predicted molar refractivity (Wildman–Crippen MR) is 94.1 cm³/mol. The summed E-state index contributed by atoms with van der Waals surface area (Å²) in [5, 5.41) is 8.45. The highest BCUT2D eigenvalue weighted by Gasteiger charge is 2.20. The van der Waals surface area contributed by atoms with Crippen LogP contribution in [0.3, 0.4) is 0 Å². The van der Waals surface area contributed by atoms with Gasteiger partial charge >= 0.3 is 0 Å². The van der Waals surface area contributed by atoms with E-state index in [1.165, 1.54) is 18.4 Å². The smallest absolute Gasteiger partial charge is 0.165 e. The van der Waals surface area contributed by atoms with E-state index < -0.39 is 0 Å². The minimum Gasteiger partial charge on any atom is -0.383 e. The van der Waals surface area contributed by atoms with E-state index in [2.05, 4.69) is 51.1 Å². The van der Waals surface area contributed by atoms with Crippen LogP contribution in [0.1, 0.15) is 32.3 Å². The fourth-order valence-electron chi connectivity index (χ4n) is 2.03.